The van der Waals surface area contributed by atoms with Gasteiger partial charge in [-0.05, 0) is 43.6 Å². The average molecular weight is 286 g/mol. The first kappa shape index (κ1) is 14.6. The van der Waals surface area contributed by atoms with Crippen molar-refractivity contribution in [3.8, 4) is 0 Å². The van der Waals surface area contributed by atoms with Crippen LogP contribution in [0.3, 0.4) is 0 Å². The molecule has 1 heterocycles. The number of amides is 1. The molecule has 21 heavy (non-hydrogen) atoms. The highest BCUT2D eigenvalue weighted by atomic mass is 16.2. The number of carbonyl (C=O) groups excluding carboxylic acids is 1. The van der Waals surface area contributed by atoms with E-state index in [0.29, 0.717) is 5.92 Å². The molecule has 3 heteroatoms. The van der Waals surface area contributed by atoms with Gasteiger partial charge in [0.15, 0.2) is 0 Å². The molecule has 0 aromatic heterocycles. The Balaban J connectivity index is 1.86. The zero-order valence-electron chi connectivity index (χ0n) is 13.3. The normalized spacial score (nSPS) is 30.7. The van der Waals surface area contributed by atoms with Crippen LogP contribution in [0.1, 0.15) is 51.8 Å². The minimum absolute atomic E-state index is 0.0184. The molecule has 1 aromatic rings. The Bertz CT molecular complexity index is 511. The van der Waals surface area contributed by atoms with Gasteiger partial charge in [-0.2, -0.15) is 0 Å². The Morgan fingerprint density at radius 2 is 2.00 bits per heavy atom. The summed E-state index contributed by atoms with van der Waals surface area (Å²) in [6, 6.07) is 10.3. The number of carbonyl (C=O) groups is 1. The van der Waals surface area contributed by atoms with Crippen molar-refractivity contribution in [2.24, 2.45) is 11.8 Å². The molecule has 1 aliphatic carbocycles. The van der Waals surface area contributed by atoms with Crippen molar-refractivity contribution in [1.82, 2.24) is 10.2 Å². The third kappa shape index (κ3) is 2.71. The molecule has 0 bridgehead atoms. The highest BCUT2D eigenvalue weighted by Crippen LogP contribution is 2.40. The van der Waals surface area contributed by atoms with Gasteiger partial charge >= 0.3 is 0 Å². The molecule has 1 amide bonds. The van der Waals surface area contributed by atoms with Gasteiger partial charge in [0.2, 0.25) is 5.91 Å². The number of rotatable bonds is 5. The zero-order chi connectivity index (χ0) is 15.0. The van der Waals surface area contributed by atoms with Gasteiger partial charge in [-0.3, -0.25) is 10.1 Å². The highest BCUT2D eigenvalue weighted by Gasteiger charge is 2.48. The summed E-state index contributed by atoms with van der Waals surface area (Å²) in [5.74, 6) is 1.68. The number of benzene rings is 1. The zero-order valence-corrected chi connectivity index (χ0v) is 13.3. The van der Waals surface area contributed by atoms with Crippen molar-refractivity contribution in [2.75, 3.05) is 6.54 Å². The summed E-state index contributed by atoms with van der Waals surface area (Å²) in [5.41, 5.74) is 0.759. The minimum atomic E-state index is -0.427. The van der Waals surface area contributed by atoms with Crippen molar-refractivity contribution in [2.45, 2.75) is 51.7 Å². The van der Waals surface area contributed by atoms with Crippen molar-refractivity contribution < 1.29 is 4.79 Å². The smallest absolute Gasteiger partial charge is 0.244 e. The number of nitrogens with one attached hydrogen (secondary N) is 1. The van der Waals surface area contributed by atoms with Gasteiger partial charge in [-0.1, -0.05) is 44.2 Å². The maximum atomic E-state index is 12.9. The Kier molecular flexibility index (Phi) is 3.78. The monoisotopic (exact) mass is 286 g/mol. The largest absolute Gasteiger partial charge is 0.321 e. The molecular formula is C18H26N2O. The van der Waals surface area contributed by atoms with Crippen molar-refractivity contribution in [3.05, 3.63) is 35.9 Å². The standard InChI is InChI=1S/C18H26N2O/c1-4-18(3)17(21)20(12-13(2)14-10-11-14)16(19-18)15-8-6-5-7-9-15/h5-9,13-14,16,19H,4,10-12H2,1-3H3. The van der Waals surface area contributed by atoms with Crippen LogP contribution in [-0.4, -0.2) is 22.9 Å². The molecule has 1 saturated heterocycles. The van der Waals surface area contributed by atoms with Crippen LogP contribution >= 0.6 is 0 Å². The van der Waals surface area contributed by atoms with E-state index in [4.69, 9.17) is 0 Å². The van der Waals surface area contributed by atoms with E-state index in [9.17, 15) is 4.79 Å². The van der Waals surface area contributed by atoms with E-state index in [2.05, 4.69) is 36.2 Å². The maximum Gasteiger partial charge on any atom is 0.244 e. The fourth-order valence-corrected chi connectivity index (χ4v) is 3.34. The van der Waals surface area contributed by atoms with Crippen LogP contribution in [0.4, 0.5) is 0 Å². The van der Waals surface area contributed by atoms with Crippen LogP contribution in [0.15, 0.2) is 30.3 Å². The lowest BCUT2D eigenvalue weighted by atomic mass is 9.98. The van der Waals surface area contributed by atoms with Gasteiger partial charge in [0.25, 0.3) is 0 Å². The second-order valence-corrected chi connectivity index (χ2v) is 6.92. The lowest BCUT2D eigenvalue weighted by Crippen LogP contribution is -2.43. The summed E-state index contributed by atoms with van der Waals surface area (Å²) < 4.78 is 0. The van der Waals surface area contributed by atoms with E-state index in [1.165, 1.54) is 18.4 Å². The highest BCUT2D eigenvalue weighted by molar-refractivity contribution is 5.88. The predicted molar refractivity (Wildman–Crippen MR) is 84.6 cm³/mol. The second-order valence-electron chi connectivity index (χ2n) is 6.92. The van der Waals surface area contributed by atoms with Crippen LogP contribution in [0.5, 0.6) is 0 Å². The van der Waals surface area contributed by atoms with Gasteiger partial charge in [-0.15, -0.1) is 0 Å². The molecule has 2 fully saturated rings. The summed E-state index contributed by atoms with van der Waals surface area (Å²) in [5, 5.41) is 3.57. The number of hydrogen-bond donors (Lipinski definition) is 1. The molecule has 1 aromatic carbocycles. The maximum absolute atomic E-state index is 12.9. The lowest BCUT2D eigenvalue weighted by molar-refractivity contribution is -0.133. The summed E-state index contributed by atoms with van der Waals surface area (Å²) in [4.78, 5) is 15.0. The molecule has 0 radical (unpaired) electrons. The lowest BCUT2D eigenvalue weighted by Gasteiger charge is -2.27. The fourth-order valence-electron chi connectivity index (χ4n) is 3.34. The van der Waals surface area contributed by atoms with E-state index >= 15 is 0 Å². The van der Waals surface area contributed by atoms with Gasteiger partial charge in [0, 0.05) is 6.54 Å². The summed E-state index contributed by atoms with van der Waals surface area (Å²) in [7, 11) is 0. The number of nitrogens with zero attached hydrogens (tertiary/aromatic N) is 1. The molecule has 2 aliphatic rings. The van der Waals surface area contributed by atoms with Crippen LogP contribution in [0, 0.1) is 11.8 Å². The Morgan fingerprint density at radius 1 is 1.33 bits per heavy atom. The first-order chi connectivity index (χ1) is 10.0. The SMILES string of the molecule is CCC1(C)NC(c2ccccc2)N(CC(C)C2CC2)C1=O. The first-order valence-electron chi connectivity index (χ1n) is 8.19. The first-order valence-corrected chi connectivity index (χ1v) is 8.19. The van der Waals surface area contributed by atoms with Crippen molar-refractivity contribution in [3.63, 3.8) is 0 Å². The Hall–Kier alpha value is -1.35. The van der Waals surface area contributed by atoms with E-state index < -0.39 is 5.54 Å². The quantitative estimate of drug-likeness (QED) is 0.900. The van der Waals surface area contributed by atoms with Crippen LogP contribution in [-0.2, 0) is 4.79 Å². The molecule has 1 aliphatic heterocycles. The number of hydrogen-bond acceptors (Lipinski definition) is 2. The van der Waals surface area contributed by atoms with E-state index in [1.54, 1.807) is 0 Å². The minimum Gasteiger partial charge on any atom is -0.321 e. The molecule has 1 saturated carbocycles. The molecule has 3 atom stereocenters. The molecule has 3 nitrogen and oxygen atoms in total. The van der Waals surface area contributed by atoms with Gasteiger partial charge in [0.1, 0.15) is 6.17 Å². The molecule has 1 N–H and O–H groups in total. The van der Waals surface area contributed by atoms with Gasteiger partial charge < -0.3 is 4.90 Å². The summed E-state index contributed by atoms with van der Waals surface area (Å²) >= 11 is 0. The average Bonchev–Trinajstić information content (AvgIpc) is 3.32. The van der Waals surface area contributed by atoms with Gasteiger partial charge in [-0.25, -0.2) is 0 Å². The third-order valence-electron chi connectivity index (χ3n) is 5.23. The molecular weight excluding hydrogens is 260 g/mol. The molecule has 114 valence electrons. The molecule has 3 unspecified atom stereocenters. The van der Waals surface area contributed by atoms with E-state index in [0.717, 1.165) is 18.9 Å². The van der Waals surface area contributed by atoms with E-state index in [-0.39, 0.29) is 12.1 Å². The fraction of sp³-hybridized carbons (Fsp3) is 0.611. The molecule has 0 spiro atoms. The van der Waals surface area contributed by atoms with Crippen LogP contribution in [0.25, 0.3) is 0 Å². The Morgan fingerprint density at radius 3 is 2.57 bits per heavy atom. The van der Waals surface area contributed by atoms with Crippen LogP contribution < -0.4 is 5.32 Å². The summed E-state index contributed by atoms with van der Waals surface area (Å²) in [6.45, 7) is 7.27. The van der Waals surface area contributed by atoms with Crippen LogP contribution in [0.2, 0.25) is 0 Å². The second kappa shape index (κ2) is 5.45. The summed E-state index contributed by atoms with van der Waals surface area (Å²) in [6.07, 6.45) is 3.50. The predicted octanol–water partition coefficient (Wildman–Crippen LogP) is 3.33. The third-order valence-corrected chi connectivity index (χ3v) is 5.23. The van der Waals surface area contributed by atoms with Gasteiger partial charge in [0.05, 0.1) is 5.54 Å². The topological polar surface area (TPSA) is 32.3 Å². The van der Waals surface area contributed by atoms with Crippen molar-refractivity contribution >= 4 is 5.91 Å². The van der Waals surface area contributed by atoms with E-state index in [1.807, 2.05) is 25.1 Å². The molecule has 3 rings (SSSR count). The van der Waals surface area contributed by atoms with Crippen molar-refractivity contribution in [1.29, 1.82) is 0 Å². The Labute approximate surface area is 127 Å².